The second-order valence-corrected chi connectivity index (χ2v) is 3.20. The van der Waals surface area contributed by atoms with Crippen molar-refractivity contribution in [2.75, 3.05) is 6.54 Å². The molecule has 0 fully saturated rings. The van der Waals surface area contributed by atoms with E-state index in [2.05, 4.69) is 0 Å². The highest BCUT2D eigenvalue weighted by Gasteiger charge is 2.12. The molecular weight excluding hydrogens is 197 g/mol. The zero-order valence-corrected chi connectivity index (χ0v) is 7.81. The van der Waals surface area contributed by atoms with Gasteiger partial charge in [-0.3, -0.25) is 0 Å². The van der Waals surface area contributed by atoms with E-state index < -0.39 is 6.10 Å². The lowest BCUT2D eigenvalue weighted by Gasteiger charge is -2.11. The van der Waals surface area contributed by atoms with Gasteiger partial charge in [-0.15, -0.1) is 0 Å². The van der Waals surface area contributed by atoms with Crippen LogP contribution in [0.25, 0.3) is 0 Å². The number of aliphatic hydroxyl groups excluding tert-OH is 1. The molecule has 0 aliphatic heterocycles. The van der Waals surface area contributed by atoms with Gasteiger partial charge in [-0.2, -0.15) is 0 Å². The monoisotopic (exact) mass is 205 g/mol. The zero-order valence-electron chi connectivity index (χ0n) is 6.30. The average molecular weight is 206 g/mol. The van der Waals surface area contributed by atoms with Gasteiger partial charge < -0.3 is 10.8 Å². The van der Waals surface area contributed by atoms with Gasteiger partial charge in [-0.25, -0.2) is 0 Å². The number of aliphatic hydroxyl groups is 1. The Labute approximate surface area is 80.9 Å². The minimum atomic E-state index is -0.786. The Morgan fingerprint density at radius 3 is 2.25 bits per heavy atom. The normalized spacial score (nSPS) is 13.0. The first-order valence-corrected chi connectivity index (χ1v) is 4.24. The van der Waals surface area contributed by atoms with Crippen LogP contribution in [0.4, 0.5) is 0 Å². The summed E-state index contributed by atoms with van der Waals surface area (Å²) < 4.78 is 0. The van der Waals surface area contributed by atoms with E-state index in [1.54, 1.807) is 18.2 Å². The molecule has 0 heterocycles. The Morgan fingerprint density at radius 1 is 1.33 bits per heavy atom. The Balaban J connectivity index is 3.12. The van der Waals surface area contributed by atoms with E-state index in [1.165, 1.54) is 0 Å². The fraction of sp³-hybridized carbons (Fsp3) is 0.250. The van der Waals surface area contributed by atoms with Crippen molar-refractivity contribution in [1.29, 1.82) is 0 Å². The molecule has 1 aromatic rings. The lowest BCUT2D eigenvalue weighted by molar-refractivity contribution is 0.187. The summed E-state index contributed by atoms with van der Waals surface area (Å²) in [6.45, 7) is 0.115. The Bertz CT molecular complexity index is 258. The molecule has 0 aliphatic rings. The molecule has 66 valence electrons. The first-order valence-electron chi connectivity index (χ1n) is 3.49. The van der Waals surface area contributed by atoms with Crippen LogP contribution in [0, 0.1) is 0 Å². The number of nitrogens with two attached hydrogens (primary N) is 1. The standard InChI is InChI=1S/C8H9Cl2NO/c9-5-2-1-3-6(10)8(5)7(12)4-11/h1-3,7,12H,4,11H2. The molecule has 0 spiro atoms. The van der Waals surface area contributed by atoms with Crippen LogP contribution < -0.4 is 5.73 Å². The summed E-state index contributed by atoms with van der Waals surface area (Å²) in [6.07, 6.45) is -0.786. The second kappa shape index (κ2) is 4.10. The van der Waals surface area contributed by atoms with Crippen molar-refractivity contribution in [2.45, 2.75) is 6.10 Å². The van der Waals surface area contributed by atoms with Crippen molar-refractivity contribution < 1.29 is 5.11 Å². The summed E-state index contributed by atoms with van der Waals surface area (Å²) in [5.74, 6) is 0. The van der Waals surface area contributed by atoms with Crippen molar-refractivity contribution in [3.05, 3.63) is 33.8 Å². The van der Waals surface area contributed by atoms with Gasteiger partial charge in [0, 0.05) is 22.2 Å². The third-order valence-corrected chi connectivity index (χ3v) is 2.22. The fourth-order valence-electron chi connectivity index (χ4n) is 0.947. The minimum Gasteiger partial charge on any atom is -0.387 e. The van der Waals surface area contributed by atoms with Gasteiger partial charge in [0.25, 0.3) is 0 Å². The summed E-state index contributed by atoms with van der Waals surface area (Å²) >= 11 is 11.6. The van der Waals surface area contributed by atoms with Crippen LogP contribution in [-0.2, 0) is 0 Å². The summed E-state index contributed by atoms with van der Waals surface area (Å²) in [5, 5.41) is 10.3. The minimum absolute atomic E-state index is 0.115. The molecule has 1 unspecified atom stereocenters. The molecule has 4 heteroatoms. The van der Waals surface area contributed by atoms with E-state index in [1.807, 2.05) is 0 Å². The largest absolute Gasteiger partial charge is 0.387 e. The topological polar surface area (TPSA) is 46.2 Å². The van der Waals surface area contributed by atoms with E-state index >= 15 is 0 Å². The molecule has 0 radical (unpaired) electrons. The molecular formula is C8H9Cl2NO. The molecule has 1 atom stereocenters. The molecule has 2 nitrogen and oxygen atoms in total. The highest BCUT2D eigenvalue weighted by Crippen LogP contribution is 2.29. The summed E-state index contributed by atoms with van der Waals surface area (Å²) in [7, 11) is 0. The number of hydrogen-bond acceptors (Lipinski definition) is 2. The van der Waals surface area contributed by atoms with Gasteiger partial charge >= 0.3 is 0 Å². The third kappa shape index (κ3) is 1.90. The predicted octanol–water partition coefficient (Wildman–Crippen LogP) is 1.99. The van der Waals surface area contributed by atoms with Crippen molar-refractivity contribution in [3.8, 4) is 0 Å². The number of hydrogen-bond donors (Lipinski definition) is 2. The van der Waals surface area contributed by atoms with Crippen LogP contribution in [0.5, 0.6) is 0 Å². The quantitative estimate of drug-likeness (QED) is 0.777. The van der Waals surface area contributed by atoms with Gasteiger partial charge in [0.2, 0.25) is 0 Å². The molecule has 12 heavy (non-hydrogen) atoms. The smallest absolute Gasteiger partial charge is 0.0941 e. The number of halogens is 2. The Kier molecular flexibility index (Phi) is 3.35. The Morgan fingerprint density at radius 2 is 1.83 bits per heavy atom. The summed E-state index contributed by atoms with van der Waals surface area (Å²) in [6, 6.07) is 5.06. The molecule has 0 saturated carbocycles. The van der Waals surface area contributed by atoms with Crippen molar-refractivity contribution in [3.63, 3.8) is 0 Å². The van der Waals surface area contributed by atoms with E-state index in [0.717, 1.165) is 0 Å². The highest BCUT2D eigenvalue weighted by molar-refractivity contribution is 6.36. The van der Waals surface area contributed by atoms with Gasteiger partial charge in [0.15, 0.2) is 0 Å². The fourth-order valence-corrected chi connectivity index (χ4v) is 1.60. The molecule has 0 aliphatic carbocycles. The van der Waals surface area contributed by atoms with Crippen LogP contribution in [0.1, 0.15) is 11.7 Å². The van der Waals surface area contributed by atoms with Gasteiger partial charge in [-0.05, 0) is 12.1 Å². The maximum atomic E-state index is 9.40. The third-order valence-electron chi connectivity index (χ3n) is 1.56. The molecule has 1 aromatic carbocycles. The Hall–Kier alpha value is -0.280. The van der Waals surface area contributed by atoms with E-state index in [4.69, 9.17) is 28.9 Å². The lowest BCUT2D eigenvalue weighted by atomic mass is 10.1. The van der Waals surface area contributed by atoms with Crippen LogP contribution in [-0.4, -0.2) is 11.7 Å². The van der Waals surface area contributed by atoms with Crippen LogP contribution in [0.15, 0.2) is 18.2 Å². The lowest BCUT2D eigenvalue weighted by Crippen LogP contribution is -2.12. The molecule has 3 N–H and O–H groups in total. The first kappa shape index (κ1) is 9.81. The van der Waals surface area contributed by atoms with Crippen molar-refractivity contribution in [1.82, 2.24) is 0 Å². The molecule has 0 amide bonds. The van der Waals surface area contributed by atoms with Crippen LogP contribution in [0.2, 0.25) is 10.0 Å². The van der Waals surface area contributed by atoms with Crippen molar-refractivity contribution in [2.24, 2.45) is 5.73 Å². The van der Waals surface area contributed by atoms with Crippen LogP contribution >= 0.6 is 23.2 Å². The van der Waals surface area contributed by atoms with E-state index in [0.29, 0.717) is 15.6 Å². The van der Waals surface area contributed by atoms with Gasteiger partial charge in [-0.1, -0.05) is 29.3 Å². The number of benzene rings is 1. The molecule has 0 aromatic heterocycles. The maximum Gasteiger partial charge on any atom is 0.0941 e. The molecule has 1 rings (SSSR count). The SMILES string of the molecule is NCC(O)c1c(Cl)cccc1Cl. The second-order valence-electron chi connectivity index (χ2n) is 2.39. The molecule has 0 bridgehead atoms. The first-order chi connectivity index (χ1) is 5.66. The zero-order chi connectivity index (χ0) is 9.14. The van der Waals surface area contributed by atoms with Crippen LogP contribution in [0.3, 0.4) is 0 Å². The molecule has 0 saturated heterocycles. The van der Waals surface area contributed by atoms with E-state index in [9.17, 15) is 5.11 Å². The summed E-state index contributed by atoms with van der Waals surface area (Å²) in [4.78, 5) is 0. The average Bonchev–Trinajstić information content (AvgIpc) is 2.03. The predicted molar refractivity (Wildman–Crippen MR) is 50.5 cm³/mol. The highest BCUT2D eigenvalue weighted by atomic mass is 35.5. The van der Waals surface area contributed by atoms with Gasteiger partial charge in [0.1, 0.15) is 0 Å². The van der Waals surface area contributed by atoms with Gasteiger partial charge in [0.05, 0.1) is 6.10 Å². The summed E-state index contributed by atoms with van der Waals surface area (Å²) in [5.41, 5.74) is 5.78. The maximum absolute atomic E-state index is 9.40. The number of rotatable bonds is 2. The van der Waals surface area contributed by atoms with E-state index in [-0.39, 0.29) is 6.54 Å². The van der Waals surface area contributed by atoms with Crippen molar-refractivity contribution >= 4 is 23.2 Å².